The van der Waals surface area contributed by atoms with Crippen LogP contribution in [0, 0.1) is 0 Å². The molecule has 212 valence electrons. The highest BCUT2D eigenvalue weighted by Crippen LogP contribution is 2.49. The molecule has 1 aliphatic heterocycles. The minimum absolute atomic E-state index is 0.0447. The first-order chi connectivity index (χ1) is 22.3. The minimum Gasteiger partial charge on any atom is -0.485 e. The smallest absolute Gasteiger partial charge is 0.164 e. The molecule has 0 saturated heterocycles. The van der Waals surface area contributed by atoms with Crippen LogP contribution >= 0.6 is 0 Å². The molecule has 0 N–H and O–H groups in total. The zero-order valence-corrected chi connectivity index (χ0v) is 24.3. The average Bonchev–Trinajstić information content (AvgIpc) is 3.51. The van der Waals surface area contributed by atoms with Gasteiger partial charge < -0.3 is 4.74 Å². The van der Waals surface area contributed by atoms with Crippen LogP contribution in [-0.2, 0) is 0 Å². The van der Waals surface area contributed by atoms with Gasteiger partial charge in [-0.05, 0) is 50.9 Å². The second-order valence-electron chi connectivity index (χ2n) is 11.5. The molecule has 0 saturated carbocycles. The van der Waals surface area contributed by atoms with Crippen LogP contribution in [0.3, 0.4) is 0 Å². The first-order valence-electron chi connectivity index (χ1n) is 15.3. The Balaban J connectivity index is 1.24. The number of allylic oxidation sites excluding steroid dienone is 2. The van der Waals surface area contributed by atoms with E-state index >= 15 is 0 Å². The Morgan fingerprint density at radius 1 is 0.511 bits per heavy atom. The summed E-state index contributed by atoms with van der Waals surface area (Å²) in [5, 5.41) is 4.79. The minimum atomic E-state index is -0.0447. The van der Waals surface area contributed by atoms with Gasteiger partial charge in [-0.1, -0.05) is 133 Å². The Hall–Kier alpha value is -5.87. The third-order valence-electron chi connectivity index (χ3n) is 8.91. The van der Waals surface area contributed by atoms with Crippen molar-refractivity contribution < 1.29 is 4.74 Å². The Morgan fingerprint density at radius 2 is 1.18 bits per heavy atom. The molecule has 2 atom stereocenters. The second kappa shape index (κ2) is 10.4. The van der Waals surface area contributed by atoms with E-state index in [0.29, 0.717) is 17.5 Å². The molecule has 1 aromatic heterocycles. The lowest BCUT2D eigenvalue weighted by molar-refractivity contribution is 0.271. The maximum atomic E-state index is 6.36. The van der Waals surface area contributed by atoms with Gasteiger partial charge in [-0.15, -0.1) is 0 Å². The van der Waals surface area contributed by atoms with Gasteiger partial charge in [0.15, 0.2) is 17.5 Å². The SMILES string of the molecule is C1=CC2Oc3ccccc3C2C(c2ccccc2-c2nc(-c3ccccc3)nc(-c3ccc4ccc5ccccc5c4c3)n2)=C1. The van der Waals surface area contributed by atoms with E-state index in [9.17, 15) is 0 Å². The van der Waals surface area contributed by atoms with Gasteiger partial charge in [0, 0.05) is 22.3 Å². The number of hydrogen-bond donors (Lipinski definition) is 0. The third kappa shape index (κ3) is 4.34. The van der Waals surface area contributed by atoms with Gasteiger partial charge >= 0.3 is 0 Å². The molecule has 2 unspecified atom stereocenters. The second-order valence-corrected chi connectivity index (χ2v) is 11.5. The lowest BCUT2D eigenvalue weighted by Crippen LogP contribution is -2.19. The van der Waals surface area contributed by atoms with Crippen molar-refractivity contribution >= 4 is 27.1 Å². The van der Waals surface area contributed by atoms with Crippen molar-refractivity contribution in [1.29, 1.82) is 0 Å². The maximum absolute atomic E-state index is 6.36. The van der Waals surface area contributed by atoms with Crippen LogP contribution in [0.25, 0.3) is 61.3 Å². The first kappa shape index (κ1) is 25.6. The Bertz CT molecular complexity index is 2320. The average molecular weight is 578 g/mol. The zero-order chi connectivity index (χ0) is 29.7. The standard InChI is InChI=1S/C41H27N3O/c1-2-12-28(13-3-1)39-42-40(29-24-23-27-22-21-26-11-4-5-14-30(26)35(27)25-29)44-41(43-39)33-16-7-6-15-31(33)32-18-10-20-37-38(32)34-17-8-9-19-36(34)45-37/h1-25,37-38H. The molecule has 7 aromatic rings. The quantitative estimate of drug-likeness (QED) is 0.195. The van der Waals surface area contributed by atoms with Gasteiger partial charge in [-0.2, -0.15) is 0 Å². The van der Waals surface area contributed by atoms with Gasteiger partial charge in [0.05, 0.1) is 5.92 Å². The monoisotopic (exact) mass is 577 g/mol. The highest BCUT2D eigenvalue weighted by atomic mass is 16.5. The predicted molar refractivity (Wildman–Crippen MR) is 182 cm³/mol. The molecule has 9 rings (SSSR count). The van der Waals surface area contributed by atoms with Gasteiger partial charge in [0.25, 0.3) is 0 Å². The fraction of sp³-hybridized carbons (Fsp3) is 0.0488. The topological polar surface area (TPSA) is 47.9 Å². The molecule has 6 aromatic carbocycles. The summed E-state index contributed by atoms with van der Waals surface area (Å²) in [6.45, 7) is 0. The Kier molecular flexibility index (Phi) is 5.91. The van der Waals surface area contributed by atoms with Crippen LogP contribution < -0.4 is 4.74 Å². The van der Waals surface area contributed by atoms with Crippen molar-refractivity contribution in [2.24, 2.45) is 0 Å². The zero-order valence-electron chi connectivity index (χ0n) is 24.3. The van der Waals surface area contributed by atoms with E-state index < -0.39 is 0 Å². The van der Waals surface area contributed by atoms with Gasteiger partial charge in [-0.3, -0.25) is 0 Å². The Labute approximate surface area is 261 Å². The number of hydrogen-bond acceptors (Lipinski definition) is 4. The molecule has 0 amide bonds. The summed E-state index contributed by atoms with van der Waals surface area (Å²) >= 11 is 0. The summed E-state index contributed by atoms with van der Waals surface area (Å²) in [5.74, 6) is 2.98. The molecule has 0 spiro atoms. The highest BCUT2D eigenvalue weighted by Gasteiger charge is 2.37. The van der Waals surface area contributed by atoms with Crippen molar-refractivity contribution in [1.82, 2.24) is 15.0 Å². The Morgan fingerprint density at radius 3 is 2.07 bits per heavy atom. The number of fused-ring (bicyclic) bond motifs is 6. The van der Waals surface area contributed by atoms with Crippen LogP contribution in [-0.4, -0.2) is 21.1 Å². The number of nitrogens with zero attached hydrogens (tertiary/aromatic N) is 3. The lowest BCUT2D eigenvalue weighted by Gasteiger charge is -2.24. The van der Waals surface area contributed by atoms with Gasteiger partial charge in [0.1, 0.15) is 11.9 Å². The molecular weight excluding hydrogens is 550 g/mol. The molecule has 4 heteroatoms. The number of para-hydroxylation sites is 1. The maximum Gasteiger partial charge on any atom is 0.164 e. The van der Waals surface area contributed by atoms with E-state index in [4.69, 9.17) is 19.7 Å². The summed E-state index contributed by atoms with van der Waals surface area (Å²) < 4.78 is 6.36. The van der Waals surface area contributed by atoms with E-state index in [1.54, 1.807) is 0 Å². The normalized spacial score (nSPS) is 16.7. The van der Waals surface area contributed by atoms with Crippen LogP contribution in [0.1, 0.15) is 17.0 Å². The van der Waals surface area contributed by atoms with Crippen molar-refractivity contribution in [2.75, 3.05) is 0 Å². The van der Waals surface area contributed by atoms with Gasteiger partial charge in [0.2, 0.25) is 0 Å². The van der Waals surface area contributed by atoms with E-state index in [0.717, 1.165) is 28.0 Å². The molecule has 2 heterocycles. The summed E-state index contributed by atoms with van der Waals surface area (Å²) in [6.07, 6.45) is 6.42. The highest BCUT2D eigenvalue weighted by molar-refractivity contribution is 6.08. The number of benzene rings is 6. The number of rotatable bonds is 4. The third-order valence-corrected chi connectivity index (χ3v) is 8.91. The summed E-state index contributed by atoms with van der Waals surface area (Å²) in [5.41, 5.74) is 6.37. The summed E-state index contributed by atoms with van der Waals surface area (Å²) in [4.78, 5) is 15.3. The van der Waals surface area contributed by atoms with Crippen molar-refractivity contribution in [3.63, 3.8) is 0 Å². The van der Waals surface area contributed by atoms with Crippen molar-refractivity contribution in [3.05, 3.63) is 163 Å². The van der Waals surface area contributed by atoms with Crippen LogP contribution in [0.4, 0.5) is 0 Å². The van der Waals surface area contributed by atoms with Crippen LogP contribution in [0.2, 0.25) is 0 Å². The summed E-state index contributed by atoms with van der Waals surface area (Å²) in [7, 11) is 0. The number of aromatic nitrogens is 3. The molecule has 4 nitrogen and oxygen atoms in total. The van der Waals surface area contributed by atoms with Crippen LogP contribution in [0.15, 0.2) is 152 Å². The number of ether oxygens (including phenoxy) is 1. The molecule has 0 fully saturated rings. The molecule has 2 aliphatic rings. The van der Waals surface area contributed by atoms with E-state index in [1.807, 2.05) is 24.3 Å². The molecule has 45 heavy (non-hydrogen) atoms. The molecule has 0 bridgehead atoms. The van der Waals surface area contributed by atoms with E-state index in [1.165, 1.54) is 32.7 Å². The molecule has 0 radical (unpaired) electrons. The van der Waals surface area contributed by atoms with E-state index in [-0.39, 0.29) is 12.0 Å². The van der Waals surface area contributed by atoms with Crippen molar-refractivity contribution in [3.8, 4) is 39.9 Å². The summed E-state index contributed by atoms with van der Waals surface area (Å²) in [6, 6.07) is 46.3. The van der Waals surface area contributed by atoms with E-state index in [2.05, 4.69) is 127 Å². The predicted octanol–water partition coefficient (Wildman–Crippen LogP) is 9.68. The largest absolute Gasteiger partial charge is 0.485 e. The first-order valence-corrected chi connectivity index (χ1v) is 15.3. The van der Waals surface area contributed by atoms with Gasteiger partial charge in [-0.25, -0.2) is 15.0 Å². The molecule has 1 aliphatic carbocycles. The lowest BCUT2D eigenvalue weighted by atomic mass is 9.80. The molecular formula is C41H27N3O. The fourth-order valence-electron chi connectivity index (χ4n) is 6.77. The van der Waals surface area contributed by atoms with Crippen LogP contribution in [0.5, 0.6) is 5.75 Å². The fourth-order valence-corrected chi connectivity index (χ4v) is 6.77. The van der Waals surface area contributed by atoms with Crippen molar-refractivity contribution in [2.45, 2.75) is 12.0 Å².